The summed E-state index contributed by atoms with van der Waals surface area (Å²) in [6, 6.07) is 45.7. The van der Waals surface area contributed by atoms with Crippen molar-refractivity contribution in [1.29, 1.82) is 5.26 Å². The molecule has 0 spiro atoms. The van der Waals surface area contributed by atoms with Gasteiger partial charge in [0.15, 0.2) is 0 Å². The molecule has 0 aromatic heterocycles. The van der Waals surface area contributed by atoms with E-state index in [2.05, 4.69) is 78.0 Å². The standard InChI is InChI=1S/C47H27NO3/c1-49-41-22-16-34(17-23-41)8-12-36-19-25-43-40(28-36)29-39(20-15-33-9-13-37(30-48)14-10-33)47-46(43)45-42-24-18-35(11-7-32-5-3-2-4-6-32)27-38(42)21-26-44(45)50-31-51-47/h2-6,9-10,13-14,16-19,21-29H,31H2,1H3. The number of hydrogen-bond acceptors (Lipinski definition) is 4. The normalized spacial score (nSPS) is 11.0. The fourth-order valence-electron chi connectivity index (χ4n) is 6.13. The molecule has 1 aliphatic rings. The fourth-order valence-corrected chi connectivity index (χ4v) is 6.13. The molecular formula is C47H27NO3. The molecule has 7 aromatic carbocycles. The van der Waals surface area contributed by atoms with Gasteiger partial charge in [0.05, 0.1) is 24.3 Å². The van der Waals surface area contributed by atoms with E-state index in [0.29, 0.717) is 11.3 Å². The highest BCUT2D eigenvalue weighted by atomic mass is 16.7. The van der Waals surface area contributed by atoms with Crippen LogP contribution < -0.4 is 14.2 Å². The second-order valence-electron chi connectivity index (χ2n) is 11.9. The Morgan fingerprint density at radius 2 is 1.08 bits per heavy atom. The second-order valence-corrected chi connectivity index (χ2v) is 11.9. The van der Waals surface area contributed by atoms with E-state index < -0.39 is 0 Å². The summed E-state index contributed by atoms with van der Waals surface area (Å²) in [5.41, 5.74) is 7.60. The van der Waals surface area contributed by atoms with Crippen LogP contribution in [-0.4, -0.2) is 13.9 Å². The van der Waals surface area contributed by atoms with E-state index in [4.69, 9.17) is 14.2 Å². The van der Waals surface area contributed by atoms with Crippen LogP contribution >= 0.6 is 0 Å². The van der Waals surface area contributed by atoms with E-state index in [1.165, 1.54) is 0 Å². The Hall–Kier alpha value is -7.37. The van der Waals surface area contributed by atoms with Gasteiger partial charge >= 0.3 is 0 Å². The van der Waals surface area contributed by atoms with Crippen molar-refractivity contribution < 1.29 is 14.2 Å². The molecule has 0 saturated heterocycles. The van der Waals surface area contributed by atoms with Crippen molar-refractivity contribution >= 4 is 21.5 Å². The molecule has 0 atom stereocenters. The van der Waals surface area contributed by atoms with Gasteiger partial charge in [0, 0.05) is 38.9 Å². The average molecular weight is 654 g/mol. The summed E-state index contributed by atoms with van der Waals surface area (Å²) in [6.07, 6.45) is 0. The molecule has 51 heavy (non-hydrogen) atoms. The minimum atomic E-state index is 0.0363. The summed E-state index contributed by atoms with van der Waals surface area (Å²) >= 11 is 0. The molecule has 0 radical (unpaired) electrons. The molecule has 0 fully saturated rings. The predicted molar refractivity (Wildman–Crippen MR) is 202 cm³/mol. The summed E-state index contributed by atoms with van der Waals surface area (Å²) in [6.45, 7) is 0.0363. The summed E-state index contributed by atoms with van der Waals surface area (Å²) in [5, 5.41) is 13.3. The van der Waals surface area contributed by atoms with Gasteiger partial charge in [-0.3, -0.25) is 0 Å². The molecule has 238 valence electrons. The zero-order chi connectivity index (χ0) is 34.6. The third-order valence-electron chi connectivity index (χ3n) is 8.66. The molecule has 0 amide bonds. The van der Waals surface area contributed by atoms with Crippen LogP contribution in [0.1, 0.15) is 38.9 Å². The lowest BCUT2D eigenvalue weighted by Crippen LogP contribution is -2.04. The Kier molecular flexibility index (Phi) is 8.27. The quantitative estimate of drug-likeness (QED) is 0.166. The molecule has 0 N–H and O–H groups in total. The van der Waals surface area contributed by atoms with Crippen molar-refractivity contribution in [2.75, 3.05) is 13.9 Å². The first-order chi connectivity index (χ1) is 25.1. The van der Waals surface area contributed by atoms with Crippen LogP contribution in [0, 0.1) is 46.9 Å². The number of ether oxygens (including phenoxy) is 3. The van der Waals surface area contributed by atoms with Crippen LogP contribution in [0.5, 0.6) is 17.2 Å². The zero-order valence-corrected chi connectivity index (χ0v) is 27.6. The number of hydrogen-bond donors (Lipinski definition) is 0. The van der Waals surface area contributed by atoms with Gasteiger partial charge in [0.2, 0.25) is 6.79 Å². The van der Waals surface area contributed by atoms with Crippen LogP contribution in [0.15, 0.2) is 133 Å². The third kappa shape index (κ3) is 6.43. The van der Waals surface area contributed by atoms with Crippen molar-refractivity contribution in [3.63, 3.8) is 0 Å². The van der Waals surface area contributed by atoms with Gasteiger partial charge in [-0.2, -0.15) is 5.26 Å². The zero-order valence-electron chi connectivity index (χ0n) is 27.6. The third-order valence-corrected chi connectivity index (χ3v) is 8.66. The lowest BCUT2D eigenvalue weighted by Gasteiger charge is -2.16. The van der Waals surface area contributed by atoms with E-state index in [-0.39, 0.29) is 6.79 Å². The molecule has 0 saturated carbocycles. The van der Waals surface area contributed by atoms with Crippen molar-refractivity contribution in [1.82, 2.24) is 0 Å². The van der Waals surface area contributed by atoms with Gasteiger partial charge < -0.3 is 14.2 Å². The highest BCUT2D eigenvalue weighted by molar-refractivity contribution is 6.11. The maximum Gasteiger partial charge on any atom is 0.231 e. The summed E-state index contributed by atoms with van der Waals surface area (Å²) in [7, 11) is 1.65. The molecule has 0 bridgehead atoms. The van der Waals surface area contributed by atoms with E-state index in [1.54, 1.807) is 19.2 Å². The van der Waals surface area contributed by atoms with E-state index in [0.717, 1.165) is 77.6 Å². The van der Waals surface area contributed by atoms with Gasteiger partial charge in [-0.15, -0.1) is 0 Å². The first-order valence-electron chi connectivity index (χ1n) is 16.3. The lowest BCUT2D eigenvalue weighted by molar-refractivity contribution is 0.124. The predicted octanol–water partition coefficient (Wildman–Crippen LogP) is 9.47. The molecule has 0 unspecified atom stereocenters. The Morgan fingerprint density at radius 3 is 1.76 bits per heavy atom. The minimum Gasteiger partial charge on any atom is -0.497 e. The Morgan fingerprint density at radius 1 is 0.510 bits per heavy atom. The SMILES string of the molecule is COc1ccc(C#Cc2ccc3c4c(c(C#Cc5ccc(C#N)cc5)cc3c2)OCOc2ccc3cc(C#Cc5ccccc5)ccc3c2-4)cc1. The Bertz CT molecular complexity index is 2710. The number of fused-ring (bicyclic) bond motifs is 7. The first-order valence-corrected chi connectivity index (χ1v) is 16.3. The first kappa shape index (κ1) is 30.9. The van der Waals surface area contributed by atoms with E-state index >= 15 is 0 Å². The molecule has 0 aliphatic carbocycles. The summed E-state index contributed by atoms with van der Waals surface area (Å²) < 4.78 is 17.9. The number of nitrogens with zero attached hydrogens (tertiary/aromatic N) is 1. The van der Waals surface area contributed by atoms with E-state index in [1.807, 2.05) is 84.9 Å². The van der Waals surface area contributed by atoms with Crippen molar-refractivity contribution in [2.24, 2.45) is 0 Å². The monoisotopic (exact) mass is 653 g/mol. The van der Waals surface area contributed by atoms with Crippen LogP contribution in [0.2, 0.25) is 0 Å². The Labute approximate surface area is 296 Å². The molecule has 7 aromatic rings. The largest absolute Gasteiger partial charge is 0.497 e. The van der Waals surface area contributed by atoms with Crippen molar-refractivity contribution in [3.8, 4) is 70.0 Å². The lowest BCUT2D eigenvalue weighted by atomic mass is 9.89. The van der Waals surface area contributed by atoms with Gasteiger partial charge in [-0.25, -0.2) is 0 Å². The second kappa shape index (κ2) is 13.6. The van der Waals surface area contributed by atoms with Crippen LogP contribution in [-0.2, 0) is 0 Å². The van der Waals surface area contributed by atoms with Crippen LogP contribution in [0.25, 0.3) is 32.7 Å². The average Bonchev–Trinajstić information content (AvgIpc) is 3.39. The maximum atomic E-state index is 9.25. The highest BCUT2D eigenvalue weighted by Gasteiger charge is 2.24. The summed E-state index contributed by atoms with van der Waals surface area (Å²) in [5.74, 6) is 22.0. The number of benzene rings is 7. The summed E-state index contributed by atoms with van der Waals surface area (Å²) in [4.78, 5) is 0. The minimum absolute atomic E-state index is 0.0363. The topological polar surface area (TPSA) is 51.5 Å². The molecular weight excluding hydrogens is 627 g/mol. The van der Waals surface area contributed by atoms with Gasteiger partial charge in [0.25, 0.3) is 0 Å². The highest BCUT2D eigenvalue weighted by Crippen LogP contribution is 2.48. The van der Waals surface area contributed by atoms with Crippen LogP contribution in [0.4, 0.5) is 0 Å². The fraction of sp³-hybridized carbons (Fsp3) is 0.0426. The molecule has 1 aliphatic heterocycles. The van der Waals surface area contributed by atoms with Crippen molar-refractivity contribution in [3.05, 3.63) is 172 Å². The maximum absolute atomic E-state index is 9.25. The molecule has 8 rings (SSSR count). The molecule has 4 nitrogen and oxygen atoms in total. The number of methoxy groups -OCH3 is 1. The van der Waals surface area contributed by atoms with Crippen LogP contribution in [0.3, 0.4) is 0 Å². The van der Waals surface area contributed by atoms with Gasteiger partial charge in [-0.05, 0) is 119 Å². The molecule has 4 heteroatoms. The van der Waals surface area contributed by atoms with Gasteiger partial charge in [-0.1, -0.05) is 71.9 Å². The van der Waals surface area contributed by atoms with Gasteiger partial charge in [0.1, 0.15) is 17.2 Å². The Balaban J connectivity index is 1.30. The number of rotatable bonds is 1. The number of nitriles is 1. The smallest absolute Gasteiger partial charge is 0.231 e. The molecule has 1 heterocycles. The van der Waals surface area contributed by atoms with Crippen molar-refractivity contribution in [2.45, 2.75) is 0 Å². The van der Waals surface area contributed by atoms with E-state index in [9.17, 15) is 5.26 Å².